The van der Waals surface area contributed by atoms with Crippen molar-refractivity contribution in [3.8, 4) is 0 Å². The number of hydrogen-bond acceptors (Lipinski definition) is 3. The molecule has 0 N–H and O–H groups in total. The molecule has 0 atom stereocenters. The Morgan fingerprint density at radius 3 is 2.90 bits per heavy atom. The molecule has 0 aromatic carbocycles. The SMILES string of the molecule is COC1=NC=C(C)CN1C. The number of aliphatic imine (C=N–C) groups is 1. The lowest BCUT2D eigenvalue weighted by molar-refractivity contribution is 0.314. The molecule has 0 aliphatic carbocycles. The maximum absolute atomic E-state index is 4.98. The second kappa shape index (κ2) is 2.73. The van der Waals surface area contributed by atoms with Gasteiger partial charge in [-0.1, -0.05) is 0 Å². The summed E-state index contributed by atoms with van der Waals surface area (Å²) in [4.78, 5) is 6.04. The molecule has 1 rings (SSSR count). The molecular weight excluding hydrogens is 128 g/mol. The second-order valence-corrected chi connectivity index (χ2v) is 2.45. The summed E-state index contributed by atoms with van der Waals surface area (Å²) >= 11 is 0. The molecule has 1 heterocycles. The predicted octanol–water partition coefficient (Wildman–Crippen LogP) is 0.838. The Labute approximate surface area is 61.0 Å². The molecule has 1 aliphatic rings. The fraction of sp³-hybridized carbons (Fsp3) is 0.571. The normalized spacial score (nSPS) is 18.1. The first-order valence-corrected chi connectivity index (χ1v) is 3.22. The summed E-state index contributed by atoms with van der Waals surface area (Å²) < 4.78 is 4.98. The van der Waals surface area contributed by atoms with E-state index in [9.17, 15) is 0 Å². The molecule has 0 spiro atoms. The molecule has 0 aromatic rings. The quantitative estimate of drug-likeness (QED) is 0.498. The van der Waals surface area contributed by atoms with Gasteiger partial charge >= 0.3 is 0 Å². The fourth-order valence-corrected chi connectivity index (χ4v) is 0.955. The van der Waals surface area contributed by atoms with Crippen molar-refractivity contribution in [3.63, 3.8) is 0 Å². The average molecular weight is 140 g/mol. The molecule has 0 bridgehead atoms. The van der Waals surface area contributed by atoms with Crippen LogP contribution in [0.1, 0.15) is 6.92 Å². The third-order valence-electron chi connectivity index (χ3n) is 1.39. The van der Waals surface area contributed by atoms with Gasteiger partial charge in [0.25, 0.3) is 6.02 Å². The zero-order valence-corrected chi connectivity index (χ0v) is 6.59. The van der Waals surface area contributed by atoms with Crippen LogP contribution in [0.3, 0.4) is 0 Å². The van der Waals surface area contributed by atoms with Crippen molar-refractivity contribution < 1.29 is 4.74 Å². The number of ether oxygens (including phenoxy) is 1. The van der Waals surface area contributed by atoms with Gasteiger partial charge in [0.2, 0.25) is 0 Å². The first kappa shape index (κ1) is 7.12. The Morgan fingerprint density at radius 2 is 2.40 bits per heavy atom. The fourth-order valence-electron chi connectivity index (χ4n) is 0.955. The molecule has 3 nitrogen and oxygen atoms in total. The van der Waals surface area contributed by atoms with Crippen LogP contribution in [0.2, 0.25) is 0 Å². The van der Waals surface area contributed by atoms with Crippen molar-refractivity contribution in [2.45, 2.75) is 6.92 Å². The minimum absolute atomic E-state index is 0.686. The molecule has 0 saturated carbocycles. The lowest BCUT2D eigenvalue weighted by atomic mass is 10.3. The van der Waals surface area contributed by atoms with Gasteiger partial charge in [0, 0.05) is 19.8 Å². The number of rotatable bonds is 0. The molecule has 0 amide bonds. The number of nitrogens with zero attached hydrogens (tertiary/aromatic N) is 2. The summed E-state index contributed by atoms with van der Waals surface area (Å²) in [6, 6.07) is 0.686. The van der Waals surface area contributed by atoms with Gasteiger partial charge in [-0.15, -0.1) is 0 Å². The van der Waals surface area contributed by atoms with Gasteiger partial charge < -0.3 is 9.64 Å². The van der Waals surface area contributed by atoms with Gasteiger partial charge in [-0.3, -0.25) is 0 Å². The average Bonchev–Trinajstić information content (AvgIpc) is 1.88. The lowest BCUT2D eigenvalue weighted by Gasteiger charge is -2.22. The summed E-state index contributed by atoms with van der Waals surface area (Å²) in [5, 5.41) is 0. The Hall–Kier alpha value is -0.990. The molecule has 56 valence electrons. The first-order chi connectivity index (χ1) is 4.74. The smallest absolute Gasteiger partial charge is 0.291 e. The summed E-state index contributed by atoms with van der Waals surface area (Å²) in [5.74, 6) is 0. The van der Waals surface area contributed by atoms with E-state index in [-0.39, 0.29) is 0 Å². The van der Waals surface area contributed by atoms with E-state index >= 15 is 0 Å². The van der Waals surface area contributed by atoms with E-state index in [2.05, 4.69) is 4.99 Å². The van der Waals surface area contributed by atoms with Gasteiger partial charge in [0.05, 0.1) is 7.11 Å². The van der Waals surface area contributed by atoms with Crippen LogP contribution in [0.4, 0.5) is 0 Å². The maximum atomic E-state index is 4.98. The predicted molar refractivity (Wildman–Crippen MR) is 40.8 cm³/mol. The van der Waals surface area contributed by atoms with Crippen molar-refractivity contribution >= 4 is 6.02 Å². The van der Waals surface area contributed by atoms with Crippen molar-refractivity contribution in [3.05, 3.63) is 11.8 Å². The molecule has 10 heavy (non-hydrogen) atoms. The van der Waals surface area contributed by atoms with E-state index in [4.69, 9.17) is 4.74 Å². The van der Waals surface area contributed by atoms with Crippen LogP contribution in [-0.4, -0.2) is 31.6 Å². The molecule has 3 heteroatoms. The molecule has 0 fully saturated rings. The van der Waals surface area contributed by atoms with Gasteiger partial charge in [-0.2, -0.15) is 0 Å². The van der Waals surface area contributed by atoms with E-state index < -0.39 is 0 Å². The Balaban J connectivity index is 2.71. The van der Waals surface area contributed by atoms with Gasteiger partial charge in [0.15, 0.2) is 0 Å². The number of amidine groups is 1. The molecule has 0 aromatic heterocycles. The number of hydrogen-bond donors (Lipinski definition) is 0. The largest absolute Gasteiger partial charge is 0.468 e. The third kappa shape index (κ3) is 1.29. The number of methoxy groups -OCH3 is 1. The molecule has 0 unspecified atom stereocenters. The highest BCUT2D eigenvalue weighted by Gasteiger charge is 2.09. The molecule has 1 aliphatic heterocycles. The summed E-state index contributed by atoms with van der Waals surface area (Å²) in [6.07, 6.45) is 1.83. The van der Waals surface area contributed by atoms with Crippen LogP contribution in [0.25, 0.3) is 0 Å². The highest BCUT2D eigenvalue weighted by molar-refractivity contribution is 5.75. The van der Waals surface area contributed by atoms with Crippen molar-refractivity contribution in [1.82, 2.24) is 4.90 Å². The van der Waals surface area contributed by atoms with E-state index in [1.54, 1.807) is 7.11 Å². The van der Waals surface area contributed by atoms with Crippen molar-refractivity contribution in [2.75, 3.05) is 20.7 Å². The Kier molecular flexibility index (Phi) is 1.94. The highest BCUT2D eigenvalue weighted by atomic mass is 16.5. The van der Waals surface area contributed by atoms with Gasteiger partial charge in [-0.05, 0) is 12.5 Å². The van der Waals surface area contributed by atoms with Crippen molar-refractivity contribution in [1.29, 1.82) is 0 Å². The summed E-state index contributed by atoms with van der Waals surface area (Å²) in [6.45, 7) is 2.96. The van der Waals surface area contributed by atoms with Gasteiger partial charge in [0.1, 0.15) is 0 Å². The van der Waals surface area contributed by atoms with E-state index in [0.29, 0.717) is 6.02 Å². The maximum Gasteiger partial charge on any atom is 0.291 e. The minimum Gasteiger partial charge on any atom is -0.468 e. The Bertz CT molecular complexity index is 184. The lowest BCUT2D eigenvalue weighted by Crippen LogP contribution is -2.31. The van der Waals surface area contributed by atoms with Crippen LogP contribution >= 0.6 is 0 Å². The van der Waals surface area contributed by atoms with E-state index in [0.717, 1.165) is 6.54 Å². The topological polar surface area (TPSA) is 24.8 Å². The highest BCUT2D eigenvalue weighted by Crippen LogP contribution is 2.04. The standard InChI is InChI=1S/C7H12N2O/c1-6-4-8-7(10-3)9(2)5-6/h4H,5H2,1-3H3. The van der Waals surface area contributed by atoms with Crippen molar-refractivity contribution in [2.24, 2.45) is 4.99 Å². The van der Waals surface area contributed by atoms with Crippen LogP contribution in [-0.2, 0) is 4.74 Å². The summed E-state index contributed by atoms with van der Waals surface area (Å²) in [7, 11) is 3.59. The first-order valence-electron chi connectivity index (χ1n) is 3.22. The second-order valence-electron chi connectivity index (χ2n) is 2.45. The molecular formula is C7H12N2O. The third-order valence-corrected chi connectivity index (χ3v) is 1.39. The van der Waals surface area contributed by atoms with Crippen LogP contribution in [0.5, 0.6) is 0 Å². The zero-order chi connectivity index (χ0) is 7.56. The van der Waals surface area contributed by atoms with Gasteiger partial charge in [-0.25, -0.2) is 4.99 Å². The zero-order valence-electron chi connectivity index (χ0n) is 6.59. The van der Waals surface area contributed by atoms with E-state index in [1.165, 1.54) is 5.57 Å². The monoisotopic (exact) mass is 140 g/mol. The van der Waals surface area contributed by atoms with Crippen LogP contribution < -0.4 is 0 Å². The number of likely N-dealkylation sites (N-methyl/N-ethyl adjacent to an activating group) is 1. The van der Waals surface area contributed by atoms with Crippen LogP contribution in [0.15, 0.2) is 16.8 Å². The van der Waals surface area contributed by atoms with E-state index in [1.807, 2.05) is 25.1 Å². The molecule has 0 saturated heterocycles. The van der Waals surface area contributed by atoms with Crippen LogP contribution in [0, 0.1) is 0 Å². The summed E-state index contributed by atoms with van der Waals surface area (Å²) in [5.41, 5.74) is 1.25. The Morgan fingerprint density at radius 1 is 1.70 bits per heavy atom. The molecule has 0 radical (unpaired) electrons. The minimum atomic E-state index is 0.686.